The number of rotatable bonds is 3. The van der Waals surface area contributed by atoms with Gasteiger partial charge in [0.05, 0.1) is 16.9 Å². The van der Waals surface area contributed by atoms with Crippen molar-refractivity contribution in [2.24, 2.45) is 0 Å². The Morgan fingerprint density at radius 2 is 2.06 bits per heavy atom. The lowest BCUT2D eigenvalue weighted by molar-refractivity contribution is 0.344. The van der Waals surface area contributed by atoms with Gasteiger partial charge < -0.3 is 4.57 Å². The van der Waals surface area contributed by atoms with E-state index in [4.69, 9.17) is 11.6 Å². The minimum atomic E-state index is 0.0484. The highest BCUT2D eigenvalue weighted by atomic mass is 35.5. The van der Waals surface area contributed by atoms with Crippen LogP contribution in [0.25, 0.3) is 11.0 Å². The Kier molecular flexibility index (Phi) is 3.17. The Labute approximate surface area is 108 Å². The van der Waals surface area contributed by atoms with E-state index >= 15 is 0 Å². The van der Waals surface area contributed by atoms with E-state index in [0.717, 1.165) is 17.8 Å². The third kappa shape index (κ3) is 2.06. The largest absolute Gasteiger partial charge is 0.321 e. The van der Waals surface area contributed by atoms with Crippen LogP contribution in [0.1, 0.15) is 38.6 Å². The number of hydrogen-bond acceptors (Lipinski definition) is 1. The molecule has 3 heteroatoms. The number of alkyl halides is 1. The second-order valence-electron chi connectivity index (χ2n) is 5.16. The third-order valence-electron chi connectivity index (χ3n) is 3.47. The molecule has 17 heavy (non-hydrogen) atoms. The van der Waals surface area contributed by atoms with E-state index in [-0.39, 0.29) is 5.54 Å². The summed E-state index contributed by atoms with van der Waals surface area (Å²) in [6, 6.07) is 6.36. The highest BCUT2D eigenvalue weighted by Gasteiger charge is 2.23. The van der Waals surface area contributed by atoms with Gasteiger partial charge in [-0.05, 0) is 44.9 Å². The molecule has 1 aromatic carbocycles. The molecule has 0 unspecified atom stereocenters. The molecule has 0 spiro atoms. The van der Waals surface area contributed by atoms with Crippen molar-refractivity contribution >= 4 is 22.6 Å². The summed E-state index contributed by atoms with van der Waals surface area (Å²) in [5.74, 6) is 1.41. The lowest BCUT2D eigenvalue weighted by Gasteiger charge is -2.27. The lowest BCUT2D eigenvalue weighted by atomic mass is 10.0. The van der Waals surface area contributed by atoms with Gasteiger partial charge in [-0.25, -0.2) is 4.98 Å². The topological polar surface area (TPSA) is 17.8 Å². The minimum absolute atomic E-state index is 0.0484. The van der Waals surface area contributed by atoms with Crippen molar-refractivity contribution in [3.63, 3.8) is 0 Å². The van der Waals surface area contributed by atoms with Crippen LogP contribution in [0.2, 0.25) is 0 Å². The van der Waals surface area contributed by atoms with E-state index in [1.807, 2.05) is 0 Å². The van der Waals surface area contributed by atoms with Crippen LogP contribution in [0.4, 0.5) is 0 Å². The number of benzene rings is 1. The maximum atomic E-state index is 6.02. The fourth-order valence-electron chi connectivity index (χ4n) is 2.16. The molecular formula is C14H19ClN2. The fourth-order valence-corrected chi connectivity index (χ4v) is 2.34. The minimum Gasteiger partial charge on any atom is -0.321 e. The molecule has 0 fully saturated rings. The van der Waals surface area contributed by atoms with Gasteiger partial charge in [0.25, 0.3) is 0 Å². The molecule has 0 amide bonds. The van der Waals surface area contributed by atoms with Crippen LogP contribution in [0.3, 0.4) is 0 Å². The Balaban J connectivity index is 2.77. The summed E-state index contributed by atoms with van der Waals surface area (Å²) in [5.41, 5.74) is 3.53. The molecule has 0 aliphatic heterocycles. The average Bonchev–Trinajstić information content (AvgIpc) is 2.67. The third-order valence-corrected chi connectivity index (χ3v) is 3.71. The van der Waals surface area contributed by atoms with Gasteiger partial charge >= 0.3 is 0 Å². The number of halogens is 1. The number of nitrogens with zero attached hydrogens (tertiary/aromatic N) is 2. The summed E-state index contributed by atoms with van der Waals surface area (Å²) in [5, 5.41) is 0. The van der Waals surface area contributed by atoms with Crippen LogP contribution in [0.5, 0.6) is 0 Å². The quantitative estimate of drug-likeness (QED) is 0.746. The molecule has 2 aromatic rings. The van der Waals surface area contributed by atoms with Gasteiger partial charge in [0.2, 0.25) is 0 Å². The van der Waals surface area contributed by atoms with Gasteiger partial charge in [-0.1, -0.05) is 13.0 Å². The van der Waals surface area contributed by atoms with Crippen molar-refractivity contribution in [3.05, 3.63) is 29.6 Å². The lowest BCUT2D eigenvalue weighted by Crippen LogP contribution is -2.26. The van der Waals surface area contributed by atoms with Gasteiger partial charge in [0, 0.05) is 5.54 Å². The predicted octanol–water partition coefficient (Wildman–Crippen LogP) is 4.23. The molecule has 0 saturated carbocycles. The van der Waals surface area contributed by atoms with E-state index in [0.29, 0.717) is 5.88 Å². The van der Waals surface area contributed by atoms with E-state index in [1.54, 1.807) is 0 Å². The average molecular weight is 251 g/mol. The van der Waals surface area contributed by atoms with Crippen molar-refractivity contribution in [3.8, 4) is 0 Å². The molecule has 0 N–H and O–H groups in total. The molecule has 0 atom stereocenters. The van der Waals surface area contributed by atoms with Crippen molar-refractivity contribution < 1.29 is 0 Å². The van der Waals surface area contributed by atoms with Crippen LogP contribution < -0.4 is 0 Å². The van der Waals surface area contributed by atoms with Crippen LogP contribution in [-0.2, 0) is 11.4 Å². The normalized spacial score (nSPS) is 12.3. The second kappa shape index (κ2) is 4.34. The van der Waals surface area contributed by atoms with E-state index < -0.39 is 0 Å². The van der Waals surface area contributed by atoms with Gasteiger partial charge in [0.1, 0.15) is 5.82 Å². The standard InChI is InChI=1S/C14H19ClN2/c1-5-14(3,4)17-12-8-10(2)6-7-11(12)16-13(17)9-15/h6-8H,5,9H2,1-4H3. The molecule has 1 heterocycles. The molecule has 0 bridgehead atoms. The van der Waals surface area contributed by atoms with Gasteiger partial charge in [0.15, 0.2) is 0 Å². The van der Waals surface area contributed by atoms with E-state index in [1.165, 1.54) is 11.1 Å². The maximum Gasteiger partial charge on any atom is 0.125 e. The first kappa shape index (κ1) is 12.4. The van der Waals surface area contributed by atoms with Crippen molar-refractivity contribution in [2.45, 2.75) is 45.5 Å². The first-order valence-electron chi connectivity index (χ1n) is 6.04. The van der Waals surface area contributed by atoms with Crippen LogP contribution in [0.15, 0.2) is 18.2 Å². The number of imidazole rings is 1. The van der Waals surface area contributed by atoms with Crippen molar-refractivity contribution in [1.82, 2.24) is 9.55 Å². The molecule has 0 aliphatic carbocycles. The molecule has 92 valence electrons. The second-order valence-corrected chi connectivity index (χ2v) is 5.42. The summed E-state index contributed by atoms with van der Waals surface area (Å²) in [6.07, 6.45) is 1.05. The smallest absolute Gasteiger partial charge is 0.125 e. The highest BCUT2D eigenvalue weighted by Crippen LogP contribution is 2.29. The maximum absolute atomic E-state index is 6.02. The van der Waals surface area contributed by atoms with Gasteiger partial charge in [-0.2, -0.15) is 0 Å². The zero-order chi connectivity index (χ0) is 12.6. The van der Waals surface area contributed by atoms with Crippen LogP contribution >= 0.6 is 11.6 Å². The number of aromatic nitrogens is 2. The molecule has 2 nitrogen and oxygen atoms in total. The highest BCUT2D eigenvalue weighted by molar-refractivity contribution is 6.16. The van der Waals surface area contributed by atoms with Crippen molar-refractivity contribution in [1.29, 1.82) is 0 Å². The SMILES string of the molecule is CCC(C)(C)n1c(CCl)nc2ccc(C)cc21. The predicted molar refractivity (Wildman–Crippen MR) is 73.6 cm³/mol. The summed E-state index contributed by atoms with van der Waals surface area (Å²) in [6.45, 7) is 8.76. The van der Waals surface area contributed by atoms with Crippen LogP contribution in [0, 0.1) is 6.92 Å². The summed E-state index contributed by atoms with van der Waals surface area (Å²) < 4.78 is 2.28. The summed E-state index contributed by atoms with van der Waals surface area (Å²) >= 11 is 6.02. The van der Waals surface area contributed by atoms with Crippen LogP contribution in [-0.4, -0.2) is 9.55 Å². The first-order valence-corrected chi connectivity index (χ1v) is 6.57. The molecule has 1 aromatic heterocycles. The van der Waals surface area contributed by atoms with Crippen molar-refractivity contribution in [2.75, 3.05) is 0 Å². The Morgan fingerprint density at radius 3 is 2.65 bits per heavy atom. The number of fused-ring (bicyclic) bond motifs is 1. The number of aryl methyl sites for hydroxylation is 1. The van der Waals surface area contributed by atoms with E-state index in [2.05, 4.69) is 55.4 Å². The van der Waals surface area contributed by atoms with Gasteiger partial charge in [-0.15, -0.1) is 11.6 Å². The summed E-state index contributed by atoms with van der Waals surface area (Å²) in [4.78, 5) is 4.62. The molecular weight excluding hydrogens is 232 g/mol. The zero-order valence-electron chi connectivity index (χ0n) is 10.9. The fraction of sp³-hybridized carbons (Fsp3) is 0.500. The molecule has 0 saturated heterocycles. The number of hydrogen-bond donors (Lipinski definition) is 0. The zero-order valence-corrected chi connectivity index (χ0v) is 11.7. The monoisotopic (exact) mass is 250 g/mol. The Morgan fingerprint density at radius 1 is 1.35 bits per heavy atom. The molecule has 0 aliphatic rings. The Hall–Kier alpha value is -1.02. The summed E-state index contributed by atoms with van der Waals surface area (Å²) in [7, 11) is 0. The molecule has 0 radical (unpaired) electrons. The van der Waals surface area contributed by atoms with Gasteiger partial charge in [-0.3, -0.25) is 0 Å². The molecule has 2 rings (SSSR count). The Bertz CT molecular complexity index is 540. The first-order chi connectivity index (χ1) is 7.99. The van der Waals surface area contributed by atoms with E-state index in [9.17, 15) is 0 Å².